The van der Waals surface area contributed by atoms with Crippen molar-refractivity contribution < 1.29 is 14.3 Å². The molecule has 0 radical (unpaired) electrons. The topological polar surface area (TPSA) is 60.5 Å². The van der Waals surface area contributed by atoms with Crippen molar-refractivity contribution in [3.8, 4) is 11.5 Å². The molecule has 0 atom stereocenters. The average Bonchev–Trinajstić information content (AvgIpc) is 2.67. The molecule has 0 aliphatic heterocycles. The first kappa shape index (κ1) is 16.5. The number of amides is 1. The number of para-hydroxylation sites is 1. The van der Waals surface area contributed by atoms with E-state index < -0.39 is 0 Å². The van der Waals surface area contributed by atoms with Crippen molar-refractivity contribution in [2.75, 3.05) is 18.5 Å². The second kappa shape index (κ2) is 8.49. The van der Waals surface area contributed by atoms with Crippen LogP contribution >= 0.6 is 0 Å². The van der Waals surface area contributed by atoms with Gasteiger partial charge < -0.3 is 14.8 Å². The maximum Gasteiger partial charge on any atom is 0.257 e. The molecule has 0 unspecified atom stereocenters. The molecular weight excluding hydrogens is 316 g/mol. The van der Waals surface area contributed by atoms with Gasteiger partial charge in [0.05, 0.1) is 5.56 Å². The molecule has 0 bridgehead atoms. The first-order valence-electron chi connectivity index (χ1n) is 7.93. The molecule has 1 N–H and O–H groups in total. The number of benzene rings is 2. The molecule has 0 aliphatic carbocycles. The van der Waals surface area contributed by atoms with E-state index in [1.807, 2.05) is 48.5 Å². The second-order valence-electron chi connectivity index (χ2n) is 5.23. The predicted octanol–water partition coefficient (Wildman–Crippen LogP) is 3.79. The van der Waals surface area contributed by atoms with Gasteiger partial charge in [0.25, 0.3) is 5.91 Å². The Bertz CT molecular complexity index is 807. The smallest absolute Gasteiger partial charge is 0.257 e. The summed E-state index contributed by atoms with van der Waals surface area (Å²) in [6, 6.07) is 20.3. The number of carbonyl (C=O) groups excluding carboxylic acids is 1. The fraction of sp³-hybridized carbons (Fsp3) is 0.100. The molecule has 3 rings (SSSR count). The third kappa shape index (κ3) is 5.07. The summed E-state index contributed by atoms with van der Waals surface area (Å²) in [4.78, 5) is 16.1. The minimum Gasteiger partial charge on any atom is -0.490 e. The van der Waals surface area contributed by atoms with E-state index in [-0.39, 0.29) is 5.91 Å². The normalized spacial score (nSPS) is 10.1. The van der Waals surface area contributed by atoms with Gasteiger partial charge in [-0.3, -0.25) is 9.78 Å². The number of hydrogen-bond donors (Lipinski definition) is 1. The fourth-order valence-electron chi connectivity index (χ4n) is 2.20. The lowest BCUT2D eigenvalue weighted by atomic mass is 10.2. The Balaban J connectivity index is 1.50. The highest BCUT2D eigenvalue weighted by Crippen LogP contribution is 2.18. The van der Waals surface area contributed by atoms with Crippen LogP contribution in [0.5, 0.6) is 11.5 Å². The monoisotopic (exact) mass is 334 g/mol. The van der Waals surface area contributed by atoms with Crippen molar-refractivity contribution >= 4 is 11.6 Å². The van der Waals surface area contributed by atoms with E-state index in [9.17, 15) is 4.79 Å². The van der Waals surface area contributed by atoms with Gasteiger partial charge in [0.2, 0.25) is 0 Å². The third-order valence-electron chi connectivity index (χ3n) is 3.38. The summed E-state index contributed by atoms with van der Waals surface area (Å²) in [6.45, 7) is 0.852. The van der Waals surface area contributed by atoms with Crippen LogP contribution in [-0.4, -0.2) is 24.1 Å². The van der Waals surface area contributed by atoms with Gasteiger partial charge in [-0.2, -0.15) is 0 Å². The van der Waals surface area contributed by atoms with Crippen molar-refractivity contribution in [1.29, 1.82) is 0 Å². The molecule has 5 heteroatoms. The lowest BCUT2D eigenvalue weighted by Gasteiger charge is -2.10. The number of anilines is 1. The number of rotatable bonds is 7. The Morgan fingerprint density at radius 3 is 2.40 bits per heavy atom. The largest absolute Gasteiger partial charge is 0.490 e. The van der Waals surface area contributed by atoms with Crippen LogP contribution in [0.1, 0.15) is 10.4 Å². The van der Waals surface area contributed by atoms with E-state index >= 15 is 0 Å². The number of nitrogens with one attached hydrogen (secondary N) is 1. The lowest BCUT2D eigenvalue weighted by molar-refractivity contribution is 0.102. The van der Waals surface area contributed by atoms with Gasteiger partial charge in [-0.05, 0) is 36.4 Å². The fourth-order valence-corrected chi connectivity index (χ4v) is 2.20. The van der Waals surface area contributed by atoms with Gasteiger partial charge in [0, 0.05) is 24.1 Å². The van der Waals surface area contributed by atoms with E-state index in [4.69, 9.17) is 9.47 Å². The first-order valence-corrected chi connectivity index (χ1v) is 7.93. The van der Waals surface area contributed by atoms with Crippen LogP contribution in [0.25, 0.3) is 0 Å². The quantitative estimate of drug-likeness (QED) is 0.668. The average molecular weight is 334 g/mol. The van der Waals surface area contributed by atoms with E-state index in [2.05, 4.69) is 10.3 Å². The predicted molar refractivity (Wildman–Crippen MR) is 96.1 cm³/mol. The number of hydrogen-bond acceptors (Lipinski definition) is 4. The number of pyridine rings is 1. The number of aromatic nitrogens is 1. The second-order valence-corrected chi connectivity index (χ2v) is 5.23. The molecule has 1 heterocycles. The van der Waals surface area contributed by atoms with E-state index in [0.29, 0.717) is 30.2 Å². The molecule has 126 valence electrons. The minimum absolute atomic E-state index is 0.210. The van der Waals surface area contributed by atoms with Crippen molar-refractivity contribution in [2.45, 2.75) is 0 Å². The molecule has 0 fully saturated rings. The standard InChI is InChI=1S/C20H18N2O3/c23-20(16-6-5-11-21-15-16)22-17-7-4-10-19(14-17)25-13-12-24-18-8-2-1-3-9-18/h1-11,14-15H,12-13H2,(H,22,23). The zero-order valence-electron chi connectivity index (χ0n) is 13.6. The summed E-state index contributed by atoms with van der Waals surface area (Å²) >= 11 is 0. The summed E-state index contributed by atoms with van der Waals surface area (Å²) in [5.41, 5.74) is 1.17. The Kier molecular flexibility index (Phi) is 5.61. The van der Waals surface area contributed by atoms with Crippen molar-refractivity contribution in [2.24, 2.45) is 0 Å². The number of nitrogens with zero attached hydrogens (tertiary/aromatic N) is 1. The summed E-state index contributed by atoms with van der Waals surface area (Å²) in [5.74, 6) is 1.27. The molecule has 0 saturated heterocycles. The Labute approximate surface area is 146 Å². The van der Waals surface area contributed by atoms with Crippen LogP contribution < -0.4 is 14.8 Å². The molecular formula is C20H18N2O3. The highest BCUT2D eigenvalue weighted by Gasteiger charge is 2.06. The van der Waals surface area contributed by atoms with Crippen LogP contribution in [0.3, 0.4) is 0 Å². The lowest BCUT2D eigenvalue weighted by Crippen LogP contribution is -2.12. The van der Waals surface area contributed by atoms with E-state index in [1.165, 1.54) is 6.20 Å². The minimum atomic E-state index is -0.210. The maximum atomic E-state index is 12.1. The number of carbonyl (C=O) groups is 1. The summed E-state index contributed by atoms with van der Waals surface area (Å²) < 4.78 is 11.2. The Morgan fingerprint density at radius 1 is 0.880 bits per heavy atom. The molecule has 3 aromatic rings. The summed E-state index contributed by atoms with van der Waals surface area (Å²) in [5, 5.41) is 2.82. The van der Waals surface area contributed by atoms with Crippen LogP contribution in [-0.2, 0) is 0 Å². The zero-order chi connectivity index (χ0) is 17.3. The van der Waals surface area contributed by atoms with Gasteiger partial charge in [-0.25, -0.2) is 0 Å². The molecule has 1 aromatic heterocycles. The third-order valence-corrected chi connectivity index (χ3v) is 3.38. The molecule has 1 amide bonds. The van der Waals surface area contributed by atoms with E-state index in [0.717, 1.165) is 5.75 Å². The van der Waals surface area contributed by atoms with E-state index in [1.54, 1.807) is 24.4 Å². The van der Waals surface area contributed by atoms with Crippen LogP contribution in [0.15, 0.2) is 79.1 Å². The molecule has 0 saturated carbocycles. The highest BCUT2D eigenvalue weighted by molar-refractivity contribution is 6.04. The van der Waals surface area contributed by atoms with Gasteiger partial charge in [-0.1, -0.05) is 24.3 Å². The van der Waals surface area contributed by atoms with Gasteiger partial charge in [0.1, 0.15) is 24.7 Å². The molecule has 5 nitrogen and oxygen atoms in total. The molecule has 0 spiro atoms. The Morgan fingerprint density at radius 2 is 1.64 bits per heavy atom. The van der Waals surface area contributed by atoms with Gasteiger partial charge in [-0.15, -0.1) is 0 Å². The zero-order valence-corrected chi connectivity index (χ0v) is 13.6. The summed E-state index contributed by atoms with van der Waals surface area (Å²) in [7, 11) is 0. The molecule has 25 heavy (non-hydrogen) atoms. The Hall–Kier alpha value is -3.34. The number of ether oxygens (including phenoxy) is 2. The highest BCUT2D eigenvalue weighted by atomic mass is 16.5. The van der Waals surface area contributed by atoms with Crippen molar-refractivity contribution in [3.63, 3.8) is 0 Å². The van der Waals surface area contributed by atoms with Crippen LogP contribution in [0.2, 0.25) is 0 Å². The summed E-state index contributed by atoms with van der Waals surface area (Å²) in [6.07, 6.45) is 3.15. The SMILES string of the molecule is O=C(Nc1cccc(OCCOc2ccccc2)c1)c1cccnc1. The van der Waals surface area contributed by atoms with Crippen LogP contribution in [0, 0.1) is 0 Å². The van der Waals surface area contributed by atoms with Gasteiger partial charge >= 0.3 is 0 Å². The van der Waals surface area contributed by atoms with Crippen LogP contribution in [0.4, 0.5) is 5.69 Å². The first-order chi connectivity index (χ1) is 12.3. The maximum absolute atomic E-state index is 12.1. The van der Waals surface area contributed by atoms with Crippen molar-refractivity contribution in [3.05, 3.63) is 84.7 Å². The molecule has 2 aromatic carbocycles. The molecule has 0 aliphatic rings. The van der Waals surface area contributed by atoms with Crippen molar-refractivity contribution in [1.82, 2.24) is 4.98 Å². The van der Waals surface area contributed by atoms with Gasteiger partial charge in [0.15, 0.2) is 0 Å².